The van der Waals surface area contributed by atoms with Gasteiger partial charge in [0, 0.05) is 13.0 Å². The number of hydrogen-bond donors (Lipinski definition) is 1. The SMILES string of the molecule is COC1OCCC2CC(O)C(C)C21. The van der Waals surface area contributed by atoms with Crippen LogP contribution < -0.4 is 0 Å². The summed E-state index contributed by atoms with van der Waals surface area (Å²) in [7, 11) is 1.68. The van der Waals surface area contributed by atoms with E-state index in [1.807, 2.05) is 0 Å². The van der Waals surface area contributed by atoms with Gasteiger partial charge in [0.25, 0.3) is 0 Å². The number of aliphatic hydroxyl groups excluding tert-OH is 1. The minimum absolute atomic E-state index is 0.0918. The summed E-state index contributed by atoms with van der Waals surface area (Å²) >= 11 is 0. The van der Waals surface area contributed by atoms with Gasteiger partial charge in [-0.05, 0) is 24.7 Å². The lowest BCUT2D eigenvalue weighted by Gasteiger charge is -2.34. The molecule has 0 aromatic heterocycles. The predicted molar refractivity (Wildman–Crippen MR) is 48.1 cm³/mol. The number of methoxy groups -OCH3 is 1. The van der Waals surface area contributed by atoms with Crippen LogP contribution in [0.25, 0.3) is 0 Å². The highest BCUT2D eigenvalue weighted by molar-refractivity contribution is 4.92. The Morgan fingerprint density at radius 3 is 2.92 bits per heavy atom. The molecule has 13 heavy (non-hydrogen) atoms. The largest absolute Gasteiger partial charge is 0.393 e. The molecule has 1 aliphatic carbocycles. The lowest BCUT2D eigenvalue weighted by molar-refractivity contribution is -0.197. The van der Waals surface area contributed by atoms with Crippen molar-refractivity contribution in [1.29, 1.82) is 0 Å². The maximum Gasteiger partial charge on any atom is 0.160 e. The Bertz CT molecular complexity index is 177. The summed E-state index contributed by atoms with van der Waals surface area (Å²) in [5, 5.41) is 9.73. The summed E-state index contributed by atoms with van der Waals surface area (Å²) in [6.07, 6.45) is 1.75. The average molecular weight is 186 g/mol. The summed E-state index contributed by atoms with van der Waals surface area (Å²) in [5.41, 5.74) is 0. The topological polar surface area (TPSA) is 38.7 Å². The lowest BCUT2D eigenvalue weighted by atomic mass is 9.86. The van der Waals surface area contributed by atoms with Gasteiger partial charge < -0.3 is 14.6 Å². The van der Waals surface area contributed by atoms with E-state index in [9.17, 15) is 5.11 Å². The Balaban J connectivity index is 2.11. The fourth-order valence-electron chi connectivity index (χ4n) is 2.82. The Morgan fingerprint density at radius 1 is 1.46 bits per heavy atom. The van der Waals surface area contributed by atoms with Gasteiger partial charge in [-0.1, -0.05) is 6.92 Å². The van der Waals surface area contributed by atoms with Gasteiger partial charge in [0.1, 0.15) is 0 Å². The number of fused-ring (bicyclic) bond motifs is 1. The van der Waals surface area contributed by atoms with E-state index in [0.29, 0.717) is 17.8 Å². The molecular formula is C10H18O3. The van der Waals surface area contributed by atoms with E-state index in [-0.39, 0.29) is 12.4 Å². The highest BCUT2D eigenvalue weighted by Crippen LogP contribution is 2.44. The van der Waals surface area contributed by atoms with Crippen LogP contribution in [0.15, 0.2) is 0 Å². The van der Waals surface area contributed by atoms with E-state index in [0.717, 1.165) is 19.4 Å². The van der Waals surface area contributed by atoms with Gasteiger partial charge in [-0.15, -0.1) is 0 Å². The summed E-state index contributed by atoms with van der Waals surface area (Å²) < 4.78 is 10.8. The molecule has 0 radical (unpaired) electrons. The third-order valence-electron chi connectivity index (χ3n) is 3.62. The van der Waals surface area contributed by atoms with Crippen LogP contribution in [0.5, 0.6) is 0 Å². The van der Waals surface area contributed by atoms with Crippen molar-refractivity contribution in [3.63, 3.8) is 0 Å². The number of ether oxygens (including phenoxy) is 2. The molecule has 5 atom stereocenters. The molecule has 1 heterocycles. The first-order valence-corrected chi connectivity index (χ1v) is 5.06. The van der Waals surface area contributed by atoms with Gasteiger partial charge in [0.2, 0.25) is 0 Å². The zero-order chi connectivity index (χ0) is 9.42. The molecule has 0 spiro atoms. The van der Waals surface area contributed by atoms with Crippen LogP contribution >= 0.6 is 0 Å². The van der Waals surface area contributed by atoms with Crippen molar-refractivity contribution in [2.24, 2.45) is 17.8 Å². The van der Waals surface area contributed by atoms with Crippen LogP contribution in [0, 0.1) is 17.8 Å². The molecule has 2 fully saturated rings. The van der Waals surface area contributed by atoms with Gasteiger partial charge >= 0.3 is 0 Å². The van der Waals surface area contributed by atoms with Crippen LogP contribution in [0.1, 0.15) is 19.8 Å². The Kier molecular flexibility index (Phi) is 2.58. The maximum absolute atomic E-state index is 9.73. The van der Waals surface area contributed by atoms with Crippen LogP contribution in [0.2, 0.25) is 0 Å². The third-order valence-corrected chi connectivity index (χ3v) is 3.62. The zero-order valence-electron chi connectivity index (χ0n) is 8.27. The number of hydrogen-bond acceptors (Lipinski definition) is 3. The van der Waals surface area contributed by atoms with E-state index in [4.69, 9.17) is 9.47 Å². The number of rotatable bonds is 1. The molecule has 0 amide bonds. The highest BCUT2D eigenvalue weighted by Gasteiger charge is 2.46. The molecule has 1 N–H and O–H groups in total. The molecule has 0 bridgehead atoms. The second-order valence-electron chi connectivity index (χ2n) is 4.26. The minimum atomic E-state index is -0.158. The Labute approximate surface area is 79.0 Å². The summed E-state index contributed by atoms with van der Waals surface area (Å²) in [5.74, 6) is 1.31. The first-order chi connectivity index (χ1) is 6.24. The van der Waals surface area contributed by atoms with E-state index in [1.54, 1.807) is 7.11 Å². The maximum atomic E-state index is 9.73. The molecule has 2 rings (SSSR count). The van der Waals surface area contributed by atoms with Gasteiger partial charge in [-0.2, -0.15) is 0 Å². The summed E-state index contributed by atoms with van der Waals surface area (Å²) in [6, 6.07) is 0. The third kappa shape index (κ3) is 1.49. The normalized spacial score (nSPS) is 50.5. The van der Waals surface area contributed by atoms with Crippen molar-refractivity contribution in [2.45, 2.75) is 32.2 Å². The molecule has 3 nitrogen and oxygen atoms in total. The average Bonchev–Trinajstić information content (AvgIpc) is 2.43. The van der Waals surface area contributed by atoms with Crippen molar-refractivity contribution >= 4 is 0 Å². The highest BCUT2D eigenvalue weighted by atomic mass is 16.7. The quantitative estimate of drug-likeness (QED) is 0.664. The van der Waals surface area contributed by atoms with E-state index in [2.05, 4.69) is 6.92 Å². The molecule has 5 unspecified atom stereocenters. The van der Waals surface area contributed by atoms with Crippen LogP contribution in [-0.2, 0) is 9.47 Å². The van der Waals surface area contributed by atoms with Gasteiger partial charge in [-0.25, -0.2) is 0 Å². The number of aliphatic hydroxyl groups is 1. The van der Waals surface area contributed by atoms with Gasteiger partial charge in [-0.3, -0.25) is 0 Å². The molecular weight excluding hydrogens is 168 g/mol. The van der Waals surface area contributed by atoms with Crippen molar-refractivity contribution in [1.82, 2.24) is 0 Å². The predicted octanol–water partition coefficient (Wildman–Crippen LogP) is 1.01. The zero-order valence-corrected chi connectivity index (χ0v) is 8.27. The molecule has 76 valence electrons. The second kappa shape index (κ2) is 3.56. The fraction of sp³-hybridized carbons (Fsp3) is 1.00. The first-order valence-electron chi connectivity index (χ1n) is 5.06. The molecule has 1 aliphatic heterocycles. The standard InChI is InChI=1S/C10H18O3/c1-6-8(11)5-7-3-4-13-10(12-2)9(6)7/h6-11H,3-5H2,1-2H3. The summed E-state index contributed by atoms with van der Waals surface area (Å²) in [4.78, 5) is 0. The van der Waals surface area contributed by atoms with Gasteiger partial charge in [0.15, 0.2) is 6.29 Å². The molecule has 0 aromatic carbocycles. The smallest absolute Gasteiger partial charge is 0.160 e. The molecule has 3 heteroatoms. The van der Waals surface area contributed by atoms with Crippen molar-refractivity contribution < 1.29 is 14.6 Å². The monoisotopic (exact) mass is 186 g/mol. The van der Waals surface area contributed by atoms with Crippen molar-refractivity contribution in [3.8, 4) is 0 Å². The van der Waals surface area contributed by atoms with Crippen LogP contribution in [0.4, 0.5) is 0 Å². The molecule has 0 aromatic rings. The Hall–Kier alpha value is -0.120. The van der Waals surface area contributed by atoms with Crippen LogP contribution in [-0.4, -0.2) is 31.2 Å². The van der Waals surface area contributed by atoms with Gasteiger partial charge in [0.05, 0.1) is 12.7 Å². The van der Waals surface area contributed by atoms with E-state index < -0.39 is 0 Å². The minimum Gasteiger partial charge on any atom is -0.393 e. The van der Waals surface area contributed by atoms with Crippen LogP contribution in [0.3, 0.4) is 0 Å². The van der Waals surface area contributed by atoms with E-state index >= 15 is 0 Å². The fourth-order valence-corrected chi connectivity index (χ4v) is 2.82. The molecule has 1 saturated heterocycles. The Morgan fingerprint density at radius 2 is 2.23 bits per heavy atom. The van der Waals surface area contributed by atoms with Crippen molar-refractivity contribution in [2.75, 3.05) is 13.7 Å². The lowest BCUT2D eigenvalue weighted by Crippen LogP contribution is -2.37. The first kappa shape index (κ1) is 9.44. The van der Waals surface area contributed by atoms with E-state index in [1.165, 1.54) is 0 Å². The summed E-state index contributed by atoms with van der Waals surface area (Å²) in [6.45, 7) is 2.87. The molecule has 1 saturated carbocycles. The van der Waals surface area contributed by atoms with Crippen molar-refractivity contribution in [3.05, 3.63) is 0 Å². The second-order valence-corrected chi connectivity index (χ2v) is 4.26. The molecule has 2 aliphatic rings.